The van der Waals surface area contributed by atoms with Gasteiger partial charge in [-0.15, -0.1) is 0 Å². The Kier molecular flexibility index (Phi) is 6.52. The number of nitrogens with two attached hydrogens (primary N) is 1. The molecule has 0 spiro atoms. The first-order chi connectivity index (χ1) is 6.90. The Morgan fingerprint density at radius 3 is 2.20 bits per heavy atom. The first-order valence-electron chi connectivity index (χ1n) is 5.60. The third-order valence-electron chi connectivity index (χ3n) is 2.58. The molecule has 15 heavy (non-hydrogen) atoms. The van der Waals surface area contributed by atoms with Crippen LogP contribution in [0.15, 0.2) is 0 Å². The zero-order chi connectivity index (χ0) is 12.0. The minimum atomic E-state index is -0.131. The molecule has 0 saturated carbocycles. The lowest BCUT2D eigenvalue weighted by Gasteiger charge is -2.29. The largest absolute Gasteiger partial charge is 0.295 e. The van der Waals surface area contributed by atoms with E-state index in [-0.39, 0.29) is 17.9 Å². The summed E-state index contributed by atoms with van der Waals surface area (Å²) in [7, 11) is 1.97. The summed E-state index contributed by atoms with van der Waals surface area (Å²) < 4.78 is 0. The highest BCUT2D eigenvalue weighted by Crippen LogP contribution is 2.11. The van der Waals surface area contributed by atoms with Gasteiger partial charge in [-0.1, -0.05) is 27.7 Å². The van der Waals surface area contributed by atoms with Gasteiger partial charge < -0.3 is 0 Å². The fourth-order valence-electron chi connectivity index (χ4n) is 1.70. The van der Waals surface area contributed by atoms with E-state index in [2.05, 4.69) is 24.2 Å². The quantitative estimate of drug-likeness (QED) is 0.394. The molecule has 0 rings (SSSR count). The molecule has 0 aromatic heterocycles. The van der Waals surface area contributed by atoms with Gasteiger partial charge in [-0.05, 0) is 31.8 Å². The van der Waals surface area contributed by atoms with E-state index in [1.807, 2.05) is 20.9 Å². The summed E-state index contributed by atoms with van der Waals surface area (Å²) >= 11 is 0. The smallest absolute Gasteiger partial charge is 0.251 e. The van der Waals surface area contributed by atoms with Crippen LogP contribution in [0.25, 0.3) is 0 Å². The van der Waals surface area contributed by atoms with Gasteiger partial charge >= 0.3 is 0 Å². The fourth-order valence-corrected chi connectivity index (χ4v) is 1.70. The lowest BCUT2D eigenvalue weighted by Crippen LogP contribution is -2.50. The first kappa shape index (κ1) is 14.4. The maximum atomic E-state index is 11.6. The minimum absolute atomic E-state index is 0.101. The van der Waals surface area contributed by atoms with Crippen LogP contribution in [0.2, 0.25) is 0 Å². The van der Waals surface area contributed by atoms with Gasteiger partial charge in [-0.2, -0.15) is 0 Å². The Morgan fingerprint density at radius 2 is 1.87 bits per heavy atom. The van der Waals surface area contributed by atoms with E-state index in [1.165, 1.54) is 0 Å². The van der Waals surface area contributed by atoms with E-state index in [9.17, 15) is 4.79 Å². The average molecular weight is 215 g/mol. The molecule has 4 nitrogen and oxygen atoms in total. The van der Waals surface area contributed by atoms with Crippen molar-refractivity contribution in [2.24, 2.45) is 17.7 Å². The molecule has 0 fully saturated rings. The van der Waals surface area contributed by atoms with Crippen LogP contribution in [0, 0.1) is 11.8 Å². The number of likely N-dealkylation sites (N-methyl/N-ethyl adjacent to an activating group) is 1. The van der Waals surface area contributed by atoms with Gasteiger partial charge in [0.1, 0.15) is 0 Å². The van der Waals surface area contributed by atoms with Crippen LogP contribution in [-0.4, -0.2) is 30.4 Å². The number of rotatable bonds is 6. The fraction of sp³-hybridized carbons (Fsp3) is 0.909. The zero-order valence-corrected chi connectivity index (χ0v) is 10.6. The number of hydrogen-bond donors (Lipinski definition) is 2. The Balaban J connectivity index is 4.29. The summed E-state index contributed by atoms with van der Waals surface area (Å²) in [5.74, 6) is 6.00. The molecule has 0 aliphatic carbocycles. The number of hydrogen-bond acceptors (Lipinski definition) is 3. The molecule has 1 unspecified atom stereocenters. The Morgan fingerprint density at radius 1 is 1.33 bits per heavy atom. The maximum absolute atomic E-state index is 11.6. The van der Waals surface area contributed by atoms with Crippen LogP contribution < -0.4 is 11.3 Å². The second kappa shape index (κ2) is 6.80. The van der Waals surface area contributed by atoms with Gasteiger partial charge in [0.05, 0.1) is 6.04 Å². The molecule has 0 heterocycles. The predicted octanol–water partition coefficient (Wildman–Crippen LogP) is 0.979. The number of carbonyl (C=O) groups is 1. The molecule has 1 amide bonds. The van der Waals surface area contributed by atoms with E-state index in [1.54, 1.807) is 0 Å². The molecule has 1 atom stereocenters. The molecule has 0 bridgehead atoms. The molecule has 0 aliphatic rings. The van der Waals surface area contributed by atoms with Crippen molar-refractivity contribution in [3.8, 4) is 0 Å². The monoisotopic (exact) mass is 215 g/mol. The van der Waals surface area contributed by atoms with Crippen LogP contribution in [-0.2, 0) is 4.79 Å². The summed E-state index contributed by atoms with van der Waals surface area (Å²) in [5.41, 5.74) is 2.23. The third kappa shape index (κ3) is 5.14. The van der Waals surface area contributed by atoms with Crippen LogP contribution in [0.1, 0.15) is 34.1 Å². The summed E-state index contributed by atoms with van der Waals surface area (Å²) in [6.45, 7) is 9.36. The van der Waals surface area contributed by atoms with Crippen molar-refractivity contribution < 1.29 is 4.79 Å². The second-order valence-corrected chi connectivity index (χ2v) is 4.86. The molecule has 90 valence electrons. The average Bonchev–Trinajstić information content (AvgIpc) is 2.14. The summed E-state index contributed by atoms with van der Waals surface area (Å²) in [4.78, 5) is 13.6. The number of nitrogens with zero attached hydrogens (tertiary/aromatic N) is 1. The zero-order valence-electron chi connectivity index (χ0n) is 10.6. The van der Waals surface area contributed by atoms with Crippen molar-refractivity contribution in [3.05, 3.63) is 0 Å². The number of nitrogens with one attached hydrogen (secondary N) is 1. The lowest BCUT2D eigenvalue weighted by molar-refractivity contribution is -0.127. The molecule has 0 aromatic carbocycles. The summed E-state index contributed by atoms with van der Waals surface area (Å²) in [5, 5.41) is 0. The molecular weight excluding hydrogens is 190 g/mol. The molecule has 0 aromatic rings. The minimum Gasteiger partial charge on any atom is -0.295 e. The standard InChI is InChI=1S/C11H25N3O/c1-8(2)6-7-14(5)10(9(3)4)11(15)13-12/h8-10H,6-7,12H2,1-5H3,(H,13,15). The summed E-state index contributed by atoms with van der Waals surface area (Å²) in [6, 6.07) is -0.131. The predicted molar refractivity (Wildman–Crippen MR) is 63.0 cm³/mol. The Bertz CT molecular complexity index is 192. The third-order valence-corrected chi connectivity index (χ3v) is 2.58. The van der Waals surface area contributed by atoms with Crippen molar-refractivity contribution in [1.29, 1.82) is 0 Å². The highest BCUT2D eigenvalue weighted by molar-refractivity contribution is 5.81. The molecule has 0 saturated heterocycles. The van der Waals surface area contributed by atoms with Crippen LogP contribution >= 0.6 is 0 Å². The van der Waals surface area contributed by atoms with Gasteiger partial charge in [0.15, 0.2) is 0 Å². The van der Waals surface area contributed by atoms with Crippen molar-refractivity contribution in [2.45, 2.75) is 40.2 Å². The van der Waals surface area contributed by atoms with E-state index >= 15 is 0 Å². The van der Waals surface area contributed by atoms with Crippen molar-refractivity contribution in [2.75, 3.05) is 13.6 Å². The van der Waals surface area contributed by atoms with E-state index in [0.717, 1.165) is 13.0 Å². The normalized spacial score (nSPS) is 13.7. The molecule has 4 heteroatoms. The van der Waals surface area contributed by atoms with Crippen LogP contribution in [0.4, 0.5) is 0 Å². The van der Waals surface area contributed by atoms with Gasteiger partial charge in [0, 0.05) is 0 Å². The van der Waals surface area contributed by atoms with Crippen LogP contribution in [0.3, 0.4) is 0 Å². The SMILES string of the molecule is CC(C)CCN(C)C(C(=O)NN)C(C)C. The van der Waals surface area contributed by atoms with Gasteiger partial charge in [0.25, 0.3) is 5.91 Å². The van der Waals surface area contributed by atoms with Crippen molar-refractivity contribution >= 4 is 5.91 Å². The highest BCUT2D eigenvalue weighted by atomic mass is 16.2. The van der Waals surface area contributed by atoms with Crippen molar-refractivity contribution in [1.82, 2.24) is 10.3 Å². The summed E-state index contributed by atoms with van der Waals surface area (Å²) in [6.07, 6.45) is 1.09. The van der Waals surface area contributed by atoms with E-state index in [0.29, 0.717) is 5.92 Å². The van der Waals surface area contributed by atoms with Gasteiger partial charge in [-0.3, -0.25) is 15.1 Å². The van der Waals surface area contributed by atoms with Gasteiger partial charge in [0.2, 0.25) is 0 Å². The lowest BCUT2D eigenvalue weighted by atomic mass is 10.0. The Hall–Kier alpha value is -0.610. The number of amides is 1. The topological polar surface area (TPSA) is 58.4 Å². The van der Waals surface area contributed by atoms with Gasteiger partial charge in [-0.25, -0.2) is 5.84 Å². The molecular formula is C11H25N3O. The molecule has 0 aliphatic heterocycles. The number of carbonyl (C=O) groups excluding carboxylic acids is 1. The second-order valence-electron chi connectivity index (χ2n) is 4.86. The highest BCUT2D eigenvalue weighted by Gasteiger charge is 2.25. The number of hydrazine groups is 1. The van der Waals surface area contributed by atoms with Crippen molar-refractivity contribution in [3.63, 3.8) is 0 Å². The van der Waals surface area contributed by atoms with E-state index in [4.69, 9.17) is 5.84 Å². The maximum Gasteiger partial charge on any atom is 0.251 e. The van der Waals surface area contributed by atoms with E-state index < -0.39 is 0 Å². The van der Waals surface area contributed by atoms with Crippen LogP contribution in [0.5, 0.6) is 0 Å². The molecule has 3 N–H and O–H groups in total. The first-order valence-corrected chi connectivity index (χ1v) is 5.60. The Labute approximate surface area is 93.2 Å². The molecule has 0 radical (unpaired) electrons.